The smallest absolute Gasteiger partial charge is 0.449 e. The van der Waals surface area contributed by atoms with E-state index >= 15 is 0 Å². The molecule has 1 aromatic heterocycles. The molecule has 0 saturated heterocycles. The fourth-order valence-electron chi connectivity index (χ4n) is 4.06. The number of amides is 1. The molecule has 10 heteroatoms. The molecule has 0 spiro atoms. The van der Waals surface area contributed by atoms with Gasteiger partial charge >= 0.3 is 12.1 Å². The molecule has 0 radical (unpaired) electrons. The summed E-state index contributed by atoms with van der Waals surface area (Å²) in [5.41, 5.74) is 1.47. The molecule has 174 valence electrons. The molecule has 0 bridgehead atoms. The molecule has 1 amide bonds. The van der Waals surface area contributed by atoms with Gasteiger partial charge in [0.2, 0.25) is 11.7 Å². The number of ether oxygens (including phenoxy) is 1. The Hall–Kier alpha value is -3.56. The lowest BCUT2D eigenvalue weighted by molar-refractivity contribution is -0.150. The first-order valence-electron chi connectivity index (χ1n) is 10.3. The number of fused-ring (bicyclic) bond motifs is 2. The van der Waals surface area contributed by atoms with Gasteiger partial charge in [-0.25, -0.2) is 4.98 Å². The number of nitrogens with zero attached hydrogens (tertiary/aromatic N) is 3. The highest BCUT2D eigenvalue weighted by Gasteiger charge is 2.38. The number of aliphatic carboxylic acids is 1. The van der Waals surface area contributed by atoms with Crippen molar-refractivity contribution in [2.75, 3.05) is 6.54 Å². The second-order valence-electron chi connectivity index (χ2n) is 8.63. The number of carboxylic acid groups (broad SMARTS) is 1. The lowest BCUT2D eigenvalue weighted by Gasteiger charge is -2.22. The van der Waals surface area contributed by atoms with E-state index in [-0.39, 0.29) is 23.2 Å². The van der Waals surface area contributed by atoms with Gasteiger partial charge in [0.15, 0.2) is 0 Å². The molecule has 2 heterocycles. The highest BCUT2D eigenvalue weighted by atomic mass is 19.4. The first-order chi connectivity index (χ1) is 15.4. The van der Waals surface area contributed by atoms with Crippen LogP contribution in [0.2, 0.25) is 0 Å². The molecule has 0 fully saturated rings. The quantitative estimate of drug-likeness (QED) is 0.602. The van der Waals surface area contributed by atoms with Crippen molar-refractivity contribution in [2.45, 2.75) is 45.1 Å². The summed E-state index contributed by atoms with van der Waals surface area (Å²) in [7, 11) is 0. The minimum Gasteiger partial charge on any atom is -0.487 e. The number of carboxylic acids is 1. The van der Waals surface area contributed by atoms with Crippen molar-refractivity contribution in [3.63, 3.8) is 0 Å². The molecular weight excluding hydrogens is 439 g/mol. The fourth-order valence-corrected chi connectivity index (χ4v) is 4.06. The van der Waals surface area contributed by atoms with E-state index in [1.54, 1.807) is 24.3 Å². The second kappa shape index (κ2) is 8.09. The average molecular weight is 461 g/mol. The van der Waals surface area contributed by atoms with Crippen LogP contribution in [0.1, 0.15) is 30.8 Å². The van der Waals surface area contributed by atoms with E-state index in [4.69, 9.17) is 4.74 Å². The van der Waals surface area contributed by atoms with Crippen LogP contribution in [0.15, 0.2) is 42.5 Å². The molecule has 33 heavy (non-hydrogen) atoms. The zero-order valence-electron chi connectivity index (χ0n) is 18.0. The van der Waals surface area contributed by atoms with Crippen molar-refractivity contribution in [1.82, 2.24) is 14.5 Å². The number of imidazole rings is 1. The Morgan fingerprint density at radius 2 is 1.94 bits per heavy atom. The van der Waals surface area contributed by atoms with Gasteiger partial charge in [-0.1, -0.05) is 24.3 Å². The molecule has 0 aliphatic carbocycles. The number of para-hydroxylation sites is 2. The SMILES string of the molecule is CC1(C)Cc2cc(CN(CC(=O)O)C(=O)Cn3c(C(F)(F)F)nc4ccccc43)ccc2O1. The number of alkyl halides is 3. The maximum atomic E-state index is 13.6. The maximum Gasteiger partial charge on any atom is 0.449 e. The van der Waals surface area contributed by atoms with Crippen LogP contribution in [-0.2, 0) is 35.3 Å². The molecule has 0 atom stereocenters. The number of rotatable bonds is 6. The average Bonchev–Trinajstić information content (AvgIpc) is 3.22. The summed E-state index contributed by atoms with van der Waals surface area (Å²) in [6.45, 7) is 2.49. The van der Waals surface area contributed by atoms with E-state index in [0.29, 0.717) is 12.0 Å². The van der Waals surface area contributed by atoms with E-state index < -0.39 is 37.0 Å². The van der Waals surface area contributed by atoms with Crippen molar-refractivity contribution in [3.8, 4) is 5.75 Å². The molecule has 2 aromatic carbocycles. The summed E-state index contributed by atoms with van der Waals surface area (Å²) in [5.74, 6) is -2.51. The van der Waals surface area contributed by atoms with Gasteiger partial charge in [-0.3, -0.25) is 9.59 Å². The largest absolute Gasteiger partial charge is 0.487 e. The number of halogens is 3. The molecule has 0 saturated carbocycles. The van der Waals surface area contributed by atoms with Crippen LogP contribution in [0.5, 0.6) is 5.75 Å². The monoisotopic (exact) mass is 461 g/mol. The van der Waals surface area contributed by atoms with E-state index in [1.165, 1.54) is 12.1 Å². The number of hydrogen-bond donors (Lipinski definition) is 1. The standard InChI is InChI=1S/C23H22F3N3O4/c1-22(2)10-15-9-14(7-8-18(15)33-22)11-28(13-20(31)32)19(30)12-29-17-6-4-3-5-16(17)27-21(29)23(24,25)26/h3-9H,10-13H2,1-2H3,(H,31,32). The fraction of sp³-hybridized carbons (Fsp3) is 0.348. The van der Waals surface area contributed by atoms with Crippen molar-refractivity contribution >= 4 is 22.9 Å². The van der Waals surface area contributed by atoms with Crippen LogP contribution in [0.4, 0.5) is 13.2 Å². The molecule has 1 N–H and O–H groups in total. The Balaban J connectivity index is 1.62. The van der Waals surface area contributed by atoms with Crippen molar-refractivity contribution < 1.29 is 32.6 Å². The van der Waals surface area contributed by atoms with Crippen LogP contribution in [0, 0.1) is 0 Å². The van der Waals surface area contributed by atoms with E-state index in [1.807, 2.05) is 19.9 Å². The summed E-state index contributed by atoms with van der Waals surface area (Å²) in [6, 6.07) is 11.3. The minimum atomic E-state index is -4.77. The number of aromatic nitrogens is 2. The number of benzene rings is 2. The topological polar surface area (TPSA) is 84.7 Å². The van der Waals surface area contributed by atoms with Gasteiger partial charge in [-0.15, -0.1) is 0 Å². The summed E-state index contributed by atoms with van der Waals surface area (Å²) >= 11 is 0. The zero-order chi connectivity index (χ0) is 24.0. The van der Waals surface area contributed by atoms with E-state index in [2.05, 4.69) is 4.98 Å². The first-order valence-corrected chi connectivity index (χ1v) is 10.3. The van der Waals surface area contributed by atoms with E-state index in [0.717, 1.165) is 20.8 Å². The molecule has 3 aromatic rings. The van der Waals surface area contributed by atoms with Crippen LogP contribution in [0.3, 0.4) is 0 Å². The number of carbonyl (C=O) groups is 2. The predicted molar refractivity (Wildman–Crippen MR) is 113 cm³/mol. The second-order valence-corrected chi connectivity index (χ2v) is 8.63. The van der Waals surface area contributed by atoms with Gasteiger partial charge in [0.25, 0.3) is 0 Å². The minimum absolute atomic E-state index is 0.0627. The van der Waals surface area contributed by atoms with Crippen LogP contribution < -0.4 is 4.74 Å². The van der Waals surface area contributed by atoms with Crippen LogP contribution >= 0.6 is 0 Å². The van der Waals surface area contributed by atoms with Gasteiger partial charge in [-0.2, -0.15) is 13.2 Å². The van der Waals surface area contributed by atoms with Crippen LogP contribution in [-0.4, -0.2) is 43.6 Å². The lowest BCUT2D eigenvalue weighted by Crippen LogP contribution is -2.38. The third-order valence-corrected chi connectivity index (χ3v) is 5.38. The molecule has 4 rings (SSSR count). The Bertz CT molecular complexity index is 1230. The lowest BCUT2D eigenvalue weighted by atomic mass is 10.00. The summed E-state index contributed by atoms with van der Waals surface area (Å²) in [4.78, 5) is 29.1. The summed E-state index contributed by atoms with van der Waals surface area (Å²) in [5, 5.41) is 9.30. The van der Waals surface area contributed by atoms with Crippen molar-refractivity contribution in [3.05, 3.63) is 59.4 Å². The Morgan fingerprint density at radius 3 is 2.64 bits per heavy atom. The molecule has 1 aliphatic rings. The molecular formula is C23H22F3N3O4. The predicted octanol–water partition coefficient (Wildman–Crippen LogP) is 3.88. The molecule has 0 unspecified atom stereocenters. The van der Waals surface area contributed by atoms with Gasteiger partial charge in [-0.05, 0) is 43.2 Å². The highest BCUT2D eigenvalue weighted by Crippen LogP contribution is 2.35. The Kier molecular flexibility index (Phi) is 5.55. The van der Waals surface area contributed by atoms with Gasteiger partial charge < -0.3 is 19.3 Å². The maximum absolute atomic E-state index is 13.6. The number of carbonyl (C=O) groups excluding carboxylic acids is 1. The van der Waals surface area contributed by atoms with Crippen molar-refractivity contribution in [2.24, 2.45) is 0 Å². The zero-order valence-corrected chi connectivity index (χ0v) is 18.0. The summed E-state index contributed by atoms with van der Waals surface area (Å²) < 4.78 is 47.3. The summed E-state index contributed by atoms with van der Waals surface area (Å²) in [6.07, 6.45) is -4.12. The third-order valence-electron chi connectivity index (χ3n) is 5.38. The van der Waals surface area contributed by atoms with Gasteiger partial charge in [0.05, 0.1) is 11.0 Å². The normalized spacial score (nSPS) is 14.7. The van der Waals surface area contributed by atoms with E-state index in [9.17, 15) is 27.9 Å². The number of hydrogen-bond acceptors (Lipinski definition) is 4. The van der Waals surface area contributed by atoms with Gasteiger partial charge in [0, 0.05) is 13.0 Å². The Labute approximate surface area is 187 Å². The van der Waals surface area contributed by atoms with Gasteiger partial charge in [0.1, 0.15) is 24.4 Å². The highest BCUT2D eigenvalue weighted by molar-refractivity contribution is 5.84. The van der Waals surface area contributed by atoms with Crippen LogP contribution in [0.25, 0.3) is 11.0 Å². The Morgan fingerprint density at radius 1 is 1.21 bits per heavy atom. The molecule has 7 nitrogen and oxygen atoms in total. The first kappa shape index (κ1) is 22.6. The van der Waals surface area contributed by atoms with Crippen molar-refractivity contribution in [1.29, 1.82) is 0 Å². The molecule has 1 aliphatic heterocycles. The third kappa shape index (κ3) is 4.79.